The third-order valence-electron chi connectivity index (χ3n) is 4.69. The number of para-hydroxylation sites is 1. The number of nitrogens with one attached hydrogen (secondary N) is 2. The molecule has 0 bridgehead atoms. The lowest BCUT2D eigenvalue weighted by molar-refractivity contribution is -0.122. The van der Waals surface area contributed by atoms with E-state index >= 15 is 0 Å². The fraction of sp³-hybridized carbons (Fsp3) is 0.500. The SMILES string of the molecule is Cc1cccc2c(CCC(=O)NC3CCC(O)CC3)c[nH]c12. The van der Waals surface area contributed by atoms with Crippen molar-refractivity contribution < 1.29 is 9.90 Å². The van der Waals surface area contributed by atoms with Crippen molar-refractivity contribution in [3.63, 3.8) is 0 Å². The molecule has 0 saturated heterocycles. The number of aliphatic hydroxyl groups is 1. The Bertz CT molecular complexity index is 654. The highest BCUT2D eigenvalue weighted by molar-refractivity contribution is 5.86. The van der Waals surface area contributed by atoms with E-state index in [0.717, 1.165) is 32.1 Å². The Hall–Kier alpha value is -1.81. The molecule has 0 spiro atoms. The van der Waals surface area contributed by atoms with E-state index in [-0.39, 0.29) is 18.1 Å². The second-order valence-electron chi connectivity index (χ2n) is 6.38. The van der Waals surface area contributed by atoms with Crippen LogP contribution in [-0.2, 0) is 11.2 Å². The molecule has 0 unspecified atom stereocenters. The average Bonchev–Trinajstić information content (AvgIpc) is 2.92. The first-order valence-corrected chi connectivity index (χ1v) is 8.16. The van der Waals surface area contributed by atoms with Gasteiger partial charge in [0, 0.05) is 29.6 Å². The van der Waals surface area contributed by atoms with Gasteiger partial charge in [-0.25, -0.2) is 0 Å². The van der Waals surface area contributed by atoms with Gasteiger partial charge in [0.15, 0.2) is 0 Å². The van der Waals surface area contributed by atoms with E-state index in [4.69, 9.17) is 0 Å². The van der Waals surface area contributed by atoms with Gasteiger partial charge in [-0.3, -0.25) is 4.79 Å². The van der Waals surface area contributed by atoms with Gasteiger partial charge < -0.3 is 15.4 Å². The summed E-state index contributed by atoms with van der Waals surface area (Å²) in [7, 11) is 0. The van der Waals surface area contributed by atoms with Crippen LogP contribution in [0.4, 0.5) is 0 Å². The minimum Gasteiger partial charge on any atom is -0.393 e. The average molecular weight is 300 g/mol. The minimum atomic E-state index is -0.178. The first kappa shape index (κ1) is 15.1. The summed E-state index contributed by atoms with van der Waals surface area (Å²) in [4.78, 5) is 15.4. The Morgan fingerprint density at radius 1 is 1.32 bits per heavy atom. The van der Waals surface area contributed by atoms with Crippen molar-refractivity contribution in [3.8, 4) is 0 Å². The molecule has 0 radical (unpaired) electrons. The zero-order valence-electron chi connectivity index (χ0n) is 13.1. The molecule has 4 nitrogen and oxygen atoms in total. The van der Waals surface area contributed by atoms with Crippen LogP contribution in [-0.4, -0.2) is 28.1 Å². The van der Waals surface area contributed by atoms with E-state index in [2.05, 4.69) is 35.4 Å². The molecule has 2 aromatic rings. The van der Waals surface area contributed by atoms with Crippen molar-refractivity contribution in [2.75, 3.05) is 0 Å². The molecule has 118 valence electrons. The summed E-state index contributed by atoms with van der Waals surface area (Å²) >= 11 is 0. The van der Waals surface area contributed by atoms with Crippen LogP contribution in [0.3, 0.4) is 0 Å². The standard InChI is InChI=1S/C18H24N2O2/c1-12-3-2-4-16-13(11-19-18(12)16)5-10-17(22)20-14-6-8-15(21)9-7-14/h2-4,11,14-15,19,21H,5-10H2,1H3,(H,20,22). The molecule has 1 aromatic carbocycles. The second kappa shape index (κ2) is 6.53. The summed E-state index contributed by atoms with van der Waals surface area (Å²) in [6.45, 7) is 2.09. The highest BCUT2D eigenvalue weighted by atomic mass is 16.3. The van der Waals surface area contributed by atoms with E-state index in [1.165, 1.54) is 22.0 Å². The summed E-state index contributed by atoms with van der Waals surface area (Å²) < 4.78 is 0. The van der Waals surface area contributed by atoms with Gasteiger partial charge >= 0.3 is 0 Å². The third-order valence-corrected chi connectivity index (χ3v) is 4.69. The molecule has 22 heavy (non-hydrogen) atoms. The molecule has 1 aliphatic carbocycles. The minimum absolute atomic E-state index is 0.114. The molecule has 1 fully saturated rings. The van der Waals surface area contributed by atoms with Gasteiger partial charge in [-0.1, -0.05) is 18.2 Å². The van der Waals surface area contributed by atoms with Gasteiger partial charge in [0.25, 0.3) is 0 Å². The molecule has 0 atom stereocenters. The lowest BCUT2D eigenvalue weighted by atomic mass is 9.93. The Morgan fingerprint density at radius 2 is 2.09 bits per heavy atom. The fourth-order valence-electron chi connectivity index (χ4n) is 3.34. The van der Waals surface area contributed by atoms with Crippen LogP contribution in [0.15, 0.2) is 24.4 Å². The molecule has 1 heterocycles. The maximum Gasteiger partial charge on any atom is 0.220 e. The maximum absolute atomic E-state index is 12.1. The number of rotatable bonds is 4. The zero-order chi connectivity index (χ0) is 15.5. The lowest BCUT2D eigenvalue weighted by Gasteiger charge is -2.26. The summed E-state index contributed by atoms with van der Waals surface area (Å²) in [5.74, 6) is 0.114. The number of aryl methyl sites for hydroxylation is 2. The van der Waals surface area contributed by atoms with Crippen molar-refractivity contribution in [1.82, 2.24) is 10.3 Å². The van der Waals surface area contributed by atoms with Crippen LogP contribution in [0.1, 0.15) is 43.2 Å². The first-order valence-electron chi connectivity index (χ1n) is 8.16. The van der Waals surface area contributed by atoms with Crippen molar-refractivity contribution in [2.24, 2.45) is 0 Å². The van der Waals surface area contributed by atoms with Crippen LogP contribution in [0, 0.1) is 6.92 Å². The first-order chi connectivity index (χ1) is 10.6. The molecule has 1 aromatic heterocycles. The molecule has 0 aliphatic heterocycles. The normalized spacial score (nSPS) is 21.9. The van der Waals surface area contributed by atoms with E-state index in [1.54, 1.807) is 0 Å². The second-order valence-corrected chi connectivity index (χ2v) is 6.38. The smallest absolute Gasteiger partial charge is 0.220 e. The van der Waals surface area contributed by atoms with Gasteiger partial charge in [0.1, 0.15) is 0 Å². The van der Waals surface area contributed by atoms with Gasteiger partial charge in [-0.05, 0) is 50.2 Å². The molecule has 1 aliphatic rings. The summed E-state index contributed by atoms with van der Waals surface area (Å²) in [5.41, 5.74) is 3.60. The quantitative estimate of drug-likeness (QED) is 0.813. The Labute approximate surface area is 130 Å². The molecule has 3 N–H and O–H groups in total. The molecule has 1 saturated carbocycles. The van der Waals surface area contributed by atoms with Gasteiger partial charge in [-0.15, -0.1) is 0 Å². The number of H-pyrrole nitrogens is 1. The van der Waals surface area contributed by atoms with E-state index in [0.29, 0.717) is 6.42 Å². The van der Waals surface area contributed by atoms with E-state index in [1.807, 2.05) is 6.20 Å². The van der Waals surface area contributed by atoms with E-state index < -0.39 is 0 Å². The number of carbonyl (C=O) groups is 1. The monoisotopic (exact) mass is 300 g/mol. The van der Waals surface area contributed by atoms with E-state index in [9.17, 15) is 9.90 Å². The summed E-state index contributed by atoms with van der Waals surface area (Å²) in [6.07, 6.45) is 6.48. The Balaban J connectivity index is 1.55. The lowest BCUT2D eigenvalue weighted by Crippen LogP contribution is -2.38. The molecular weight excluding hydrogens is 276 g/mol. The number of hydrogen-bond donors (Lipinski definition) is 3. The van der Waals surface area contributed by atoms with Crippen LogP contribution < -0.4 is 5.32 Å². The largest absolute Gasteiger partial charge is 0.393 e. The number of aromatic nitrogens is 1. The van der Waals surface area contributed by atoms with Crippen LogP contribution in [0.2, 0.25) is 0 Å². The van der Waals surface area contributed by atoms with Gasteiger partial charge in [0.05, 0.1) is 6.10 Å². The Morgan fingerprint density at radius 3 is 2.86 bits per heavy atom. The number of amides is 1. The number of benzene rings is 1. The number of hydrogen-bond acceptors (Lipinski definition) is 2. The predicted molar refractivity (Wildman–Crippen MR) is 87.8 cm³/mol. The molecule has 1 amide bonds. The van der Waals surface area contributed by atoms with Crippen LogP contribution in [0.25, 0.3) is 10.9 Å². The Kier molecular flexibility index (Phi) is 4.48. The van der Waals surface area contributed by atoms with Crippen molar-refractivity contribution in [2.45, 2.75) is 57.6 Å². The van der Waals surface area contributed by atoms with Gasteiger partial charge in [0.2, 0.25) is 5.91 Å². The van der Waals surface area contributed by atoms with Crippen molar-refractivity contribution in [1.29, 1.82) is 0 Å². The van der Waals surface area contributed by atoms with Gasteiger partial charge in [-0.2, -0.15) is 0 Å². The highest BCUT2D eigenvalue weighted by Gasteiger charge is 2.20. The number of aliphatic hydroxyl groups excluding tert-OH is 1. The van der Waals surface area contributed by atoms with Crippen molar-refractivity contribution >= 4 is 16.8 Å². The maximum atomic E-state index is 12.1. The highest BCUT2D eigenvalue weighted by Crippen LogP contribution is 2.22. The zero-order valence-corrected chi connectivity index (χ0v) is 13.1. The molecular formula is C18H24N2O2. The topological polar surface area (TPSA) is 65.1 Å². The predicted octanol–water partition coefficient (Wildman–Crippen LogP) is 2.83. The van der Waals surface area contributed by atoms with Crippen LogP contribution in [0.5, 0.6) is 0 Å². The number of carbonyl (C=O) groups excluding carboxylic acids is 1. The van der Waals surface area contributed by atoms with Crippen LogP contribution >= 0.6 is 0 Å². The third kappa shape index (κ3) is 3.33. The van der Waals surface area contributed by atoms with Crippen molar-refractivity contribution in [3.05, 3.63) is 35.5 Å². The number of aromatic amines is 1. The molecule has 3 rings (SSSR count). The fourth-order valence-corrected chi connectivity index (χ4v) is 3.34. The molecule has 4 heteroatoms. The number of fused-ring (bicyclic) bond motifs is 1. The summed E-state index contributed by atoms with van der Waals surface area (Å²) in [6, 6.07) is 6.49. The summed E-state index contributed by atoms with van der Waals surface area (Å²) in [5, 5.41) is 13.8.